The summed E-state index contributed by atoms with van der Waals surface area (Å²) in [6.45, 7) is 6.03. The molecule has 2 unspecified atom stereocenters. The van der Waals surface area contributed by atoms with Gasteiger partial charge in [-0.1, -0.05) is 12.1 Å². The number of amides is 6. The number of fused-ring (bicyclic) bond motifs is 1. The predicted octanol–water partition coefficient (Wildman–Crippen LogP) is 3.29. The van der Waals surface area contributed by atoms with E-state index in [2.05, 4.69) is 20.5 Å². The second-order valence-electron chi connectivity index (χ2n) is 12.0. The molecule has 0 bridgehead atoms. The van der Waals surface area contributed by atoms with E-state index in [1.54, 1.807) is 43.3 Å². The molecule has 1 N–H and O–H groups in total. The summed E-state index contributed by atoms with van der Waals surface area (Å²) in [4.78, 5) is 69.1. The Hall–Kier alpha value is -5.73. The summed E-state index contributed by atoms with van der Waals surface area (Å²) in [5.74, 6) is -1.98. The summed E-state index contributed by atoms with van der Waals surface area (Å²) in [7, 11) is 0. The fourth-order valence-electron chi connectivity index (χ4n) is 6.07. The number of aryl methyl sites for hydroxylation is 1. The van der Waals surface area contributed by atoms with Gasteiger partial charge < -0.3 is 14.6 Å². The number of hydrogen-bond acceptors (Lipinski definition) is 10. The molecule has 15 nitrogen and oxygen atoms in total. The Kier molecular flexibility index (Phi) is 9.10. The van der Waals surface area contributed by atoms with Gasteiger partial charge in [0.25, 0.3) is 17.7 Å². The third kappa shape index (κ3) is 6.70. The lowest BCUT2D eigenvalue weighted by atomic mass is 9.94. The number of nitrogens with one attached hydrogen (secondary N) is 1. The lowest BCUT2D eigenvalue weighted by molar-refractivity contribution is -0.170. The van der Waals surface area contributed by atoms with Gasteiger partial charge >= 0.3 is 6.03 Å². The molecular formula is C33H35N9O6. The summed E-state index contributed by atoms with van der Waals surface area (Å²) in [5, 5.41) is 19.1. The first kappa shape index (κ1) is 32.2. The smallest absolute Gasteiger partial charge is 0.322 e. The minimum absolute atomic E-state index is 0.208. The topological polar surface area (TPSA) is 175 Å². The number of benzene rings is 1. The Labute approximate surface area is 276 Å². The van der Waals surface area contributed by atoms with Gasteiger partial charge in [0.05, 0.1) is 11.8 Å². The largest absolute Gasteiger partial charge is 0.425 e. The van der Waals surface area contributed by atoms with Crippen LogP contribution in [0.3, 0.4) is 0 Å². The Morgan fingerprint density at radius 3 is 2.42 bits per heavy atom. The molecule has 3 aromatic rings. The summed E-state index contributed by atoms with van der Waals surface area (Å²) < 4.78 is 5.65. The molecule has 0 saturated heterocycles. The fraction of sp³-hybridized carbons (Fsp3) is 0.364. The van der Waals surface area contributed by atoms with Gasteiger partial charge in [-0.25, -0.2) is 14.8 Å². The number of hydrazine groups is 1. The number of hydrogen-bond donors (Lipinski definition) is 1. The molecule has 0 fully saturated rings. The third-order valence-electron chi connectivity index (χ3n) is 8.50. The van der Waals surface area contributed by atoms with Crippen LogP contribution in [0.4, 0.5) is 10.5 Å². The lowest BCUT2D eigenvalue weighted by Crippen LogP contribution is -2.53. The number of rotatable bonds is 10. The van der Waals surface area contributed by atoms with Crippen molar-refractivity contribution < 1.29 is 28.4 Å². The van der Waals surface area contributed by atoms with Crippen LogP contribution >= 0.6 is 0 Å². The highest BCUT2D eigenvalue weighted by Gasteiger charge is 2.37. The normalized spacial score (nSPS) is 17.9. The van der Waals surface area contributed by atoms with E-state index >= 15 is 0 Å². The van der Waals surface area contributed by atoms with E-state index in [0.717, 1.165) is 33.9 Å². The van der Waals surface area contributed by atoms with Gasteiger partial charge in [0.2, 0.25) is 17.7 Å². The van der Waals surface area contributed by atoms with Crippen molar-refractivity contribution in [1.29, 1.82) is 0 Å². The minimum Gasteiger partial charge on any atom is -0.425 e. The van der Waals surface area contributed by atoms with E-state index in [-0.39, 0.29) is 30.8 Å². The van der Waals surface area contributed by atoms with Crippen LogP contribution in [0.15, 0.2) is 64.4 Å². The number of nitrogens with zero attached hydrogens (tertiary/aromatic N) is 8. The van der Waals surface area contributed by atoms with E-state index < -0.39 is 29.7 Å². The summed E-state index contributed by atoms with van der Waals surface area (Å²) in [5.41, 5.74) is 4.14. The summed E-state index contributed by atoms with van der Waals surface area (Å²) >= 11 is 0. The van der Waals surface area contributed by atoms with Crippen molar-refractivity contribution >= 4 is 41.1 Å². The van der Waals surface area contributed by atoms with Crippen molar-refractivity contribution in [3.63, 3.8) is 0 Å². The first-order chi connectivity index (χ1) is 23.1. The second-order valence-corrected chi connectivity index (χ2v) is 12.0. The Bertz CT molecular complexity index is 1770. The maximum atomic E-state index is 13.6. The molecule has 6 amide bonds. The molecule has 2 aromatic heterocycles. The van der Waals surface area contributed by atoms with Gasteiger partial charge in [0.1, 0.15) is 5.92 Å². The van der Waals surface area contributed by atoms with E-state index in [0.29, 0.717) is 49.6 Å². The van der Waals surface area contributed by atoms with Crippen molar-refractivity contribution in [1.82, 2.24) is 35.1 Å². The SMILES string of the molecule is CC(=O)N(C(C)CCCCN1N=C(c2ccc(NC(=O)N3Cc4ccncc4C3)cc2)CC(c2nnc(C)o2)C1=O)N1C(=O)C=CC1=O. The lowest BCUT2D eigenvalue weighted by Gasteiger charge is -2.34. The zero-order chi connectivity index (χ0) is 33.9. The molecule has 48 heavy (non-hydrogen) atoms. The molecule has 0 aliphatic carbocycles. The molecule has 3 aliphatic rings. The van der Waals surface area contributed by atoms with Crippen molar-refractivity contribution in [3.8, 4) is 0 Å². The van der Waals surface area contributed by atoms with Crippen molar-refractivity contribution in [2.24, 2.45) is 5.10 Å². The Morgan fingerprint density at radius 2 is 1.75 bits per heavy atom. The van der Waals surface area contributed by atoms with Crippen LogP contribution < -0.4 is 5.32 Å². The van der Waals surface area contributed by atoms with E-state index in [4.69, 9.17) is 9.52 Å². The highest BCUT2D eigenvalue weighted by atomic mass is 16.4. The minimum atomic E-state index is -0.726. The van der Waals surface area contributed by atoms with Crippen molar-refractivity contribution in [3.05, 3.63) is 83.3 Å². The van der Waals surface area contributed by atoms with Crippen LogP contribution in [0.1, 0.15) is 73.9 Å². The number of carbonyl (C=O) groups is 5. The number of carbonyl (C=O) groups excluding carboxylic acids is 5. The average molecular weight is 654 g/mol. The molecule has 6 rings (SSSR count). The molecule has 3 aliphatic heterocycles. The Balaban J connectivity index is 1.11. The summed E-state index contributed by atoms with van der Waals surface area (Å²) in [6, 6.07) is 8.54. The number of unbranched alkanes of at least 4 members (excludes halogenated alkanes) is 1. The number of hydrazone groups is 1. The van der Waals surface area contributed by atoms with Gasteiger partial charge in [-0.05, 0) is 61.1 Å². The van der Waals surface area contributed by atoms with Crippen LogP contribution in [-0.2, 0) is 32.3 Å². The molecule has 15 heteroatoms. The number of aromatic nitrogens is 3. The van der Waals surface area contributed by atoms with Crippen LogP contribution in [0.2, 0.25) is 0 Å². The van der Waals surface area contributed by atoms with Crippen molar-refractivity contribution in [2.75, 3.05) is 11.9 Å². The van der Waals surface area contributed by atoms with E-state index in [9.17, 15) is 24.0 Å². The van der Waals surface area contributed by atoms with Gasteiger partial charge in [-0.15, -0.1) is 10.2 Å². The molecule has 0 spiro atoms. The zero-order valence-corrected chi connectivity index (χ0v) is 26.8. The highest BCUT2D eigenvalue weighted by molar-refractivity contribution is 6.13. The molecule has 1 aromatic carbocycles. The number of pyridine rings is 1. The number of urea groups is 1. The molecule has 5 heterocycles. The molecule has 0 saturated carbocycles. The van der Waals surface area contributed by atoms with Crippen LogP contribution in [0.5, 0.6) is 0 Å². The summed E-state index contributed by atoms with van der Waals surface area (Å²) in [6.07, 6.45) is 7.63. The quantitative estimate of drug-likeness (QED) is 0.254. The maximum absolute atomic E-state index is 13.6. The highest BCUT2D eigenvalue weighted by Crippen LogP contribution is 2.30. The molecule has 0 radical (unpaired) electrons. The van der Waals surface area contributed by atoms with Gasteiger partial charge in [-0.3, -0.25) is 24.2 Å². The average Bonchev–Trinajstić information content (AvgIpc) is 3.79. The number of anilines is 1. The Morgan fingerprint density at radius 1 is 1.02 bits per heavy atom. The van der Waals surface area contributed by atoms with E-state index in [1.807, 2.05) is 18.2 Å². The van der Waals surface area contributed by atoms with Gasteiger partial charge in [0, 0.05) is 70.1 Å². The first-order valence-electron chi connectivity index (χ1n) is 15.7. The zero-order valence-electron chi connectivity index (χ0n) is 26.8. The second kappa shape index (κ2) is 13.6. The molecule has 248 valence electrons. The predicted molar refractivity (Wildman–Crippen MR) is 170 cm³/mol. The van der Waals surface area contributed by atoms with Crippen molar-refractivity contribution in [2.45, 2.75) is 71.5 Å². The van der Waals surface area contributed by atoms with Crippen LogP contribution in [0, 0.1) is 6.92 Å². The standard InChI is InChI=1S/C33H35N9O6/c1-20(41(22(3)43)42-29(44)11-12-30(42)45)6-4-5-15-40-32(46)27(31-37-36-21(2)48-31)16-28(38-40)23-7-9-26(10-8-23)35-33(47)39-18-24-13-14-34-17-25(24)19-39/h7-14,17,20,27H,4-6,15-16,18-19H2,1-3H3,(H,35,47). The van der Waals surface area contributed by atoms with Crippen LogP contribution in [-0.4, -0.2) is 83.1 Å². The van der Waals surface area contributed by atoms with E-state index in [1.165, 1.54) is 16.9 Å². The maximum Gasteiger partial charge on any atom is 0.322 e. The first-order valence-corrected chi connectivity index (χ1v) is 15.7. The fourth-order valence-corrected chi connectivity index (χ4v) is 6.07. The van der Waals surface area contributed by atoms with Crippen LogP contribution in [0.25, 0.3) is 0 Å². The molecule has 2 atom stereocenters. The number of imide groups is 1. The van der Waals surface area contributed by atoms with Gasteiger partial charge in [-0.2, -0.15) is 10.1 Å². The van der Waals surface area contributed by atoms with Gasteiger partial charge in [0.15, 0.2) is 0 Å². The third-order valence-corrected chi connectivity index (χ3v) is 8.50. The monoisotopic (exact) mass is 653 g/mol. The molecular weight excluding hydrogens is 618 g/mol.